The summed E-state index contributed by atoms with van der Waals surface area (Å²) in [7, 11) is 0. The van der Waals surface area contributed by atoms with Crippen molar-refractivity contribution in [3.8, 4) is 0 Å². The van der Waals surface area contributed by atoms with E-state index in [1.54, 1.807) is 0 Å². The standard InChI is InChI=1S/C17H28N2O2/c1-3-17-18-13(2)16(21-17)12-19(14-7-4-5-8-14)11-15-9-6-10-20-15/h14-15H,3-12H2,1-2H3. The van der Waals surface area contributed by atoms with Gasteiger partial charge in [-0.15, -0.1) is 0 Å². The van der Waals surface area contributed by atoms with Gasteiger partial charge in [0.15, 0.2) is 5.89 Å². The molecule has 1 unspecified atom stereocenters. The lowest BCUT2D eigenvalue weighted by Crippen LogP contribution is -2.38. The topological polar surface area (TPSA) is 38.5 Å². The fraction of sp³-hybridized carbons (Fsp3) is 0.824. The van der Waals surface area contributed by atoms with Crippen molar-refractivity contribution in [1.82, 2.24) is 9.88 Å². The van der Waals surface area contributed by atoms with E-state index in [4.69, 9.17) is 9.15 Å². The molecule has 2 aliphatic rings. The fourth-order valence-electron chi connectivity index (χ4n) is 3.63. The molecule has 1 saturated carbocycles. The van der Waals surface area contributed by atoms with Gasteiger partial charge in [-0.1, -0.05) is 19.8 Å². The third-order valence-electron chi connectivity index (χ3n) is 4.89. The van der Waals surface area contributed by atoms with Crippen molar-refractivity contribution in [1.29, 1.82) is 0 Å². The van der Waals surface area contributed by atoms with Gasteiger partial charge in [-0.3, -0.25) is 4.90 Å². The second-order valence-corrected chi connectivity index (χ2v) is 6.47. The Balaban J connectivity index is 1.69. The molecule has 0 spiro atoms. The van der Waals surface area contributed by atoms with E-state index in [0.29, 0.717) is 12.1 Å². The third kappa shape index (κ3) is 3.67. The molecular formula is C17H28N2O2. The average molecular weight is 292 g/mol. The summed E-state index contributed by atoms with van der Waals surface area (Å²) in [5.74, 6) is 1.92. The molecule has 0 N–H and O–H groups in total. The molecule has 1 aliphatic heterocycles. The van der Waals surface area contributed by atoms with Gasteiger partial charge in [0.1, 0.15) is 5.76 Å². The van der Waals surface area contributed by atoms with E-state index < -0.39 is 0 Å². The van der Waals surface area contributed by atoms with Crippen LogP contribution in [0.3, 0.4) is 0 Å². The Bertz CT molecular complexity index is 446. The highest BCUT2D eigenvalue weighted by Crippen LogP contribution is 2.27. The zero-order valence-electron chi connectivity index (χ0n) is 13.4. The number of hydrogen-bond acceptors (Lipinski definition) is 4. The molecule has 4 heteroatoms. The number of nitrogens with zero attached hydrogens (tertiary/aromatic N) is 2. The van der Waals surface area contributed by atoms with Gasteiger partial charge >= 0.3 is 0 Å². The van der Waals surface area contributed by atoms with Crippen molar-refractivity contribution < 1.29 is 9.15 Å². The van der Waals surface area contributed by atoms with Crippen LogP contribution in [0.15, 0.2) is 4.42 Å². The summed E-state index contributed by atoms with van der Waals surface area (Å²) in [6, 6.07) is 0.698. The van der Waals surface area contributed by atoms with E-state index in [9.17, 15) is 0 Å². The van der Waals surface area contributed by atoms with E-state index in [0.717, 1.165) is 43.5 Å². The predicted molar refractivity (Wildman–Crippen MR) is 82.3 cm³/mol. The summed E-state index contributed by atoms with van der Waals surface area (Å²) in [6.45, 7) is 7.03. The number of rotatable bonds is 6. The first-order valence-electron chi connectivity index (χ1n) is 8.57. The van der Waals surface area contributed by atoms with Crippen LogP contribution in [0.4, 0.5) is 0 Å². The monoisotopic (exact) mass is 292 g/mol. The molecule has 0 amide bonds. The van der Waals surface area contributed by atoms with Crippen molar-refractivity contribution in [2.45, 2.75) is 77.5 Å². The summed E-state index contributed by atoms with van der Waals surface area (Å²) >= 11 is 0. The molecule has 1 aliphatic carbocycles. The highest BCUT2D eigenvalue weighted by molar-refractivity contribution is 5.08. The van der Waals surface area contributed by atoms with Crippen molar-refractivity contribution in [3.63, 3.8) is 0 Å². The van der Waals surface area contributed by atoms with Crippen molar-refractivity contribution in [3.05, 3.63) is 17.3 Å². The lowest BCUT2D eigenvalue weighted by molar-refractivity contribution is 0.0510. The molecule has 118 valence electrons. The normalized spacial score (nSPS) is 23.5. The number of ether oxygens (including phenoxy) is 1. The van der Waals surface area contributed by atoms with Gasteiger partial charge in [-0.05, 0) is 32.6 Å². The van der Waals surface area contributed by atoms with E-state index in [1.807, 2.05) is 0 Å². The average Bonchev–Trinajstić information content (AvgIpc) is 3.20. The molecule has 3 rings (SSSR count). The van der Waals surface area contributed by atoms with Gasteiger partial charge in [-0.25, -0.2) is 4.98 Å². The zero-order valence-corrected chi connectivity index (χ0v) is 13.4. The van der Waals surface area contributed by atoms with Crippen LogP contribution in [0.2, 0.25) is 0 Å². The Labute approximate surface area is 127 Å². The van der Waals surface area contributed by atoms with Crippen LogP contribution in [-0.2, 0) is 17.7 Å². The van der Waals surface area contributed by atoms with Gasteiger partial charge in [0, 0.05) is 25.6 Å². The summed E-state index contributed by atoms with van der Waals surface area (Å²) < 4.78 is 11.8. The Morgan fingerprint density at radius 2 is 2.00 bits per heavy atom. The van der Waals surface area contributed by atoms with Crippen LogP contribution in [-0.4, -0.2) is 35.2 Å². The van der Waals surface area contributed by atoms with Gasteiger partial charge in [0.2, 0.25) is 0 Å². The largest absolute Gasteiger partial charge is 0.444 e. The summed E-state index contributed by atoms with van der Waals surface area (Å²) in [5.41, 5.74) is 1.06. The van der Waals surface area contributed by atoms with Crippen molar-refractivity contribution in [2.24, 2.45) is 0 Å². The minimum Gasteiger partial charge on any atom is -0.444 e. The maximum atomic E-state index is 5.92. The third-order valence-corrected chi connectivity index (χ3v) is 4.89. The lowest BCUT2D eigenvalue weighted by atomic mass is 10.1. The summed E-state index contributed by atoms with van der Waals surface area (Å²) in [6.07, 6.45) is 9.07. The van der Waals surface area contributed by atoms with Gasteiger partial charge in [0.05, 0.1) is 18.3 Å². The zero-order chi connectivity index (χ0) is 14.7. The minimum absolute atomic E-state index is 0.416. The smallest absolute Gasteiger partial charge is 0.194 e. The van der Waals surface area contributed by atoms with E-state index in [1.165, 1.54) is 38.5 Å². The first-order valence-corrected chi connectivity index (χ1v) is 8.57. The van der Waals surface area contributed by atoms with Crippen LogP contribution in [0.1, 0.15) is 62.8 Å². The van der Waals surface area contributed by atoms with E-state index in [-0.39, 0.29) is 0 Å². The Morgan fingerprint density at radius 1 is 1.19 bits per heavy atom. The highest BCUT2D eigenvalue weighted by atomic mass is 16.5. The summed E-state index contributed by atoms with van der Waals surface area (Å²) in [5, 5.41) is 0. The predicted octanol–water partition coefficient (Wildman–Crippen LogP) is 3.47. The number of aromatic nitrogens is 1. The highest BCUT2D eigenvalue weighted by Gasteiger charge is 2.28. The van der Waals surface area contributed by atoms with Crippen LogP contribution in [0.5, 0.6) is 0 Å². The molecule has 1 aromatic rings. The molecular weight excluding hydrogens is 264 g/mol. The van der Waals surface area contributed by atoms with Gasteiger partial charge < -0.3 is 9.15 Å². The van der Waals surface area contributed by atoms with Crippen LogP contribution in [0, 0.1) is 6.92 Å². The first-order chi connectivity index (χ1) is 10.3. The van der Waals surface area contributed by atoms with Crippen molar-refractivity contribution >= 4 is 0 Å². The maximum Gasteiger partial charge on any atom is 0.194 e. The quantitative estimate of drug-likeness (QED) is 0.804. The molecule has 4 nitrogen and oxygen atoms in total. The molecule has 1 aromatic heterocycles. The van der Waals surface area contributed by atoms with Crippen LogP contribution in [0.25, 0.3) is 0 Å². The second kappa shape index (κ2) is 6.93. The lowest BCUT2D eigenvalue weighted by Gasteiger charge is -2.30. The van der Waals surface area contributed by atoms with Crippen LogP contribution >= 0.6 is 0 Å². The van der Waals surface area contributed by atoms with E-state index >= 15 is 0 Å². The molecule has 1 saturated heterocycles. The van der Waals surface area contributed by atoms with Gasteiger partial charge in [0.25, 0.3) is 0 Å². The number of oxazole rings is 1. The maximum absolute atomic E-state index is 5.92. The van der Waals surface area contributed by atoms with Crippen molar-refractivity contribution in [2.75, 3.05) is 13.2 Å². The first kappa shape index (κ1) is 15.0. The second-order valence-electron chi connectivity index (χ2n) is 6.47. The number of hydrogen-bond donors (Lipinski definition) is 0. The molecule has 1 atom stereocenters. The molecule has 2 fully saturated rings. The number of aryl methyl sites for hydroxylation is 2. The van der Waals surface area contributed by atoms with Gasteiger partial charge in [-0.2, -0.15) is 0 Å². The Morgan fingerprint density at radius 3 is 2.62 bits per heavy atom. The molecule has 0 aromatic carbocycles. The fourth-order valence-corrected chi connectivity index (χ4v) is 3.63. The minimum atomic E-state index is 0.416. The molecule has 0 bridgehead atoms. The summed E-state index contributed by atoms with van der Waals surface area (Å²) in [4.78, 5) is 7.11. The van der Waals surface area contributed by atoms with Crippen LogP contribution < -0.4 is 0 Å². The molecule has 2 heterocycles. The van der Waals surface area contributed by atoms with E-state index in [2.05, 4.69) is 23.7 Å². The molecule has 21 heavy (non-hydrogen) atoms. The Hall–Kier alpha value is -0.870. The Kier molecular flexibility index (Phi) is 4.96. The molecule has 0 radical (unpaired) electrons. The SMILES string of the molecule is CCc1nc(C)c(CN(CC2CCCO2)C2CCCC2)o1.